The third-order valence-corrected chi connectivity index (χ3v) is 3.70. The molecule has 1 atom stereocenters. The normalized spacial score (nSPS) is 27.4. The van der Waals surface area contributed by atoms with Crippen molar-refractivity contribution in [2.24, 2.45) is 0 Å². The highest BCUT2D eigenvalue weighted by Crippen LogP contribution is 2.71. The molecule has 0 nitrogen and oxygen atoms in total. The summed E-state index contributed by atoms with van der Waals surface area (Å²) < 4.78 is 25.0. The number of halogens is 5. The van der Waals surface area contributed by atoms with Crippen molar-refractivity contribution in [1.82, 2.24) is 0 Å². The predicted molar refractivity (Wildman–Crippen MR) is 56.3 cm³/mol. The number of hydrogen-bond donors (Lipinski definition) is 0. The Morgan fingerprint density at radius 2 is 1.86 bits per heavy atom. The number of alkyl halides is 4. The summed E-state index contributed by atoms with van der Waals surface area (Å²) in [6.07, 6.45) is 0. The minimum atomic E-state index is -3.03. The minimum Gasteiger partial charge on any atom is -0.203 e. The van der Waals surface area contributed by atoms with E-state index in [0.717, 1.165) is 4.47 Å². The molecule has 0 radical (unpaired) electrons. The van der Waals surface area contributed by atoms with Gasteiger partial charge < -0.3 is 0 Å². The minimum absolute atomic E-state index is 0.453. The van der Waals surface area contributed by atoms with Gasteiger partial charge in [0.1, 0.15) is 0 Å². The average molecular weight is 302 g/mol. The standard InChI is InChI=1S/C9H5BrCl2F2/c10-6-3-1-2-5(4-6)7-8(11,12)9(7,13)14/h1-4,7H. The largest absolute Gasteiger partial charge is 0.291 e. The molecule has 2 rings (SSSR count). The van der Waals surface area contributed by atoms with Gasteiger partial charge in [-0.15, -0.1) is 0 Å². The molecule has 1 fully saturated rings. The van der Waals surface area contributed by atoms with Crippen LogP contribution >= 0.6 is 39.1 Å². The zero-order chi connectivity index (χ0) is 10.6. The summed E-state index contributed by atoms with van der Waals surface area (Å²) in [5.41, 5.74) is 0.453. The van der Waals surface area contributed by atoms with E-state index in [1.165, 1.54) is 0 Å². The van der Waals surface area contributed by atoms with Crippen LogP contribution in [0, 0.1) is 0 Å². The highest BCUT2D eigenvalue weighted by Gasteiger charge is 2.80. The lowest BCUT2D eigenvalue weighted by Gasteiger charge is -1.98. The maximum atomic E-state index is 13.1. The van der Waals surface area contributed by atoms with Gasteiger partial charge in [0.15, 0.2) is 4.33 Å². The fourth-order valence-electron chi connectivity index (χ4n) is 1.45. The fourth-order valence-corrected chi connectivity index (χ4v) is 2.50. The SMILES string of the molecule is FC1(F)C(c2cccc(Br)c2)C1(Cl)Cl. The molecule has 0 aromatic heterocycles. The summed E-state index contributed by atoms with van der Waals surface area (Å²) >= 11 is 14.2. The lowest BCUT2D eigenvalue weighted by Crippen LogP contribution is -1.99. The Hall–Kier alpha value is 0.140. The van der Waals surface area contributed by atoms with Crippen LogP contribution in [-0.2, 0) is 0 Å². The second-order valence-electron chi connectivity index (χ2n) is 3.23. The molecule has 0 bridgehead atoms. The Labute approximate surface area is 98.3 Å². The first kappa shape index (κ1) is 10.7. The molecule has 0 spiro atoms. The first-order valence-corrected chi connectivity index (χ1v) is 5.43. The molecule has 0 heterocycles. The van der Waals surface area contributed by atoms with Gasteiger partial charge in [0.2, 0.25) is 0 Å². The molecule has 1 saturated carbocycles. The molecule has 1 aromatic carbocycles. The van der Waals surface area contributed by atoms with E-state index in [1.54, 1.807) is 24.3 Å². The van der Waals surface area contributed by atoms with E-state index in [4.69, 9.17) is 23.2 Å². The van der Waals surface area contributed by atoms with Gasteiger partial charge in [0.05, 0.1) is 5.92 Å². The molecule has 5 heteroatoms. The van der Waals surface area contributed by atoms with Gasteiger partial charge in [-0.1, -0.05) is 51.3 Å². The quantitative estimate of drug-likeness (QED) is 0.676. The van der Waals surface area contributed by atoms with E-state index in [2.05, 4.69) is 15.9 Å². The second kappa shape index (κ2) is 3.06. The molecular weight excluding hydrogens is 297 g/mol. The van der Waals surface area contributed by atoms with Gasteiger partial charge >= 0.3 is 0 Å². The molecule has 1 aliphatic carbocycles. The van der Waals surface area contributed by atoms with Gasteiger partial charge in [0.25, 0.3) is 5.92 Å². The van der Waals surface area contributed by atoms with Gasteiger partial charge in [-0.2, -0.15) is 0 Å². The number of rotatable bonds is 1. The van der Waals surface area contributed by atoms with Crippen LogP contribution in [0.4, 0.5) is 8.78 Å². The van der Waals surface area contributed by atoms with Crippen LogP contribution in [0.3, 0.4) is 0 Å². The van der Waals surface area contributed by atoms with Crippen molar-refractivity contribution in [2.75, 3.05) is 0 Å². The Bertz CT molecular complexity index is 365. The van der Waals surface area contributed by atoms with E-state index in [0.29, 0.717) is 5.56 Å². The Morgan fingerprint density at radius 1 is 1.29 bits per heavy atom. The maximum absolute atomic E-state index is 13.1. The Balaban J connectivity index is 2.36. The Morgan fingerprint density at radius 3 is 2.29 bits per heavy atom. The molecule has 0 aliphatic heterocycles. The van der Waals surface area contributed by atoms with Gasteiger partial charge in [-0.25, -0.2) is 8.78 Å². The molecule has 0 N–H and O–H groups in total. The van der Waals surface area contributed by atoms with Crippen molar-refractivity contribution in [3.05, 3.63) is 34.3 Å². The third-order valence-electron chi connectivity index (χ3n) is 2.27. The van der Waals surface area contributed by atoms with Gasteiger partial charge in [0, 0.05) is 4.47 Å². The Kier molecular flexibility index (Phi) is 2.33. The van der Waals surface area contributed by atoms with Crippen molar-refractivity contribution in [1.29, 1.82) is 0 Å². The lowest BCUT2D eigenvalue weighted by molar-refractivity contribution is 0.109. The second-order valence-corrected chi connectivity index (χ2v) is 5.54. The molecule has 1 unspecified atom stereocenters. The summed E-state index contributed by atoms with van der Waals surface area (Å²) in [6.45, 7) is 0. The summed E-state index contributed by atoms with van der Waals surface area (Å²) in [5, 5.41) is 0. The summed E-state index contributed by atoms with van der Waals surface area (Å²) in [4.78, 5) is 0. The highest BCUT2D eigenvalue weighted by atomic mass is 79.9. The van der Waals surface area contributed by atoms with E-state index in [-0.39, 0.29) is 0 Å². The monoisotopic (exact) mass is 300 g/mol. The number of benzene rings is 1. The van der Waals surface area contributed by atoms with E-state index >= 15 is 0 Å². The van der Waals surface area contributed by atoms with Crippen molar-refractivity contribution in [3.63, 3.8) is 0 Å². The topological polar surface area (TPSA) is 0 Å². The van der Waals surface area contributed by atoms with Crippen molar-refractivity contribution >= 4 is 39.1 Å². The van der Waals surface area contributed by atoms with Crippen molar-refractivity contribution < 1.29 is 8.78 Å². The molecule has 1 aliphatic rings. The van der Waals surface area contributed by atoms with Gasteiger partial charge in [-0.05, 0) is 17.7 Å². The third kappa shape index (κ3) is 1.37. The zero-order valence-electron chi connectivity index (χ0n) is 6.78. The zero-order valence-corrected chi connectivity index (χ0v) is 9.87. The molecule has 1 aromatic rings. The van der Waals surface area contributed by atoms with Crippen LogP contribution in [0.1, 0.15) is 11.5 Å². The van der Waals surface area contributed by atoms with Crippen molar-refractivity contribution in [2.45, 2.75) is 16.2 Å². The molecule has 14 heavy (non-hydrogen) atoms. The first-order chi connectivity index (χ1) is 6.37. The van der Waals surface area contributed by atoms with Crippen LogP contribution in [0.15, 0.2) is 28.7 Å². The highest BCUT2D eigenvalue weighted by molar-refractivity contribution is 9.10. The van der Waals surface area contributed by atoms with E-state index in [9.17, 15) is 8.78 Å². The summed E-state index contributed by atoms with van der Waals surface area (Å²) in [7, 11) is 0. The average Bonchev–Trinajstić information content (AvgIpc) is 2.42. The first-order valence-electron chi connectivity index (χ1n) is 3.88. The van der Waals surface area contributed by atoms with Crippen LogP contribution in [0.2, 0.25) is 0 Å². The van der Waals surface area contributed by atoms with Crippen LogP contribution < -0.4 is 0 Å². The summed E-state index contributed by atoms with van der Waals surface area (Å²) in [6, 6.07) is 6.63. The van der Waals surface area contributed by atoms with E-state index in [1.807, 2.05) is 0 Å². The molecule has 76 valence electrons. The van der Waals surface area contributed by atoms with Crippen LogP contribution in [-0.4, -0.2) is 10.3 Å². The van der Waals surface area contributed by atoms with Crippen LogP contribution in [0.5, 0.6) is 0 Å². The maximum Gasteiger partial charge on any atom is 0.291 e. The molecular formula is C9H5BrCl2F2. The van der Waals surface area contributed by atoms with E-state index < -0.39 is 16.2 Å². The van der Waals surface area contributed by atoms with Gasteiger partial charge in [-0.3, -0.25) is 0 Å². The predicted octanol–water partition coefficient (Wildman–Crippen LogP) is 4.36. The number of hydrogen-bond acceptors (Lipinski definition) is 0. The fraction of sp³-hybridized carbons (Fsp3) is 0.333. The lowest BCUT2D eigenvalue weighted by atomic mass is 10.1. The summed E-state index contributed by atoms with van der Waals surface area (Å²) in [5.74, 6) is -4.13. The van der Waals surface area contributed by atoms with Crippen LogP contribution in [0.25, 0.3) is 0 Å². The molecule has 0 amide bonds. The molecule has 0 saturated heterocycles. The smallest absolute Gasteiger partial charge is 0.203 e. The van der Waals surface area contributed by atoms with Crippen molar-refractivity contribution in [3.8, 4) is 0 Å².